The molecule has 0 bridgehead atoms. The summed E-state index contributed by atoms with van der Waals surface area (Å²) < 4.78 is 11.2. The number of ether oxygens (including phenoxy) is 2. The second kappa shape index (κ2) is 11.2. The van der Waals surface area contributed by atoms with Gasteiger partial charge in [-0.25, -0.2) is 0 Å². The van der Waals surface area contributed by atoms with Crippen LogP contribution in [0.3, 0.4) is 0 Å². The quantitative estimate of drug-likeness (QED) is 0.419. The molecule has 0 aliphatic carbocycles. The van der Waals surface area contributed by atoms with Gasteiger partial charge in [-0.05, 0) is 54.7 Å². The van der Waals surface area contributed by atoms with Gasteiger partial charge in [0, 0.05) is 11.8 Å². The lowest BCUT2D eigenvalue weighted by Crippen LogP contribution is -2.11. The van der Waals surface area contributed by atoms with E-state index in [1.54, 1.807) is 19.3 Å². The lowest BCUT2D eigenvalue weighted by Gasteiger charge is -2.12. The number of nitrogens with one attached hydrogen (secondary N) is 1. The van der Waals surface area contributed by atoms with Gasteiger partial charge in [-0.1, -0.05) is 51.0 Å². The molecule has 0 unspecified atom stereocenters. The van der Waals surface area contributed by atoms with E-state index in [9.17, 15) is 4.79 Å². The molecule has 28 heavy (non-hydrogen) atoms. The van der Waals surface area contributed by atoms with Gasteiger partial charge < -0.3 is 14.8 Å². The Labute approximate surface area is 168 Å². The van der Waals surface area contributed by atoms with Gasteiger partial charge in [-0.2, -0.15) is 0 Å². The number of hydrogen-bond acceptors (Lipinski definition) is 3. The summed E-state index contributed by atoms with van der Waals surface area (Å²) in [6, 6.07) is 11.7. The highest BCUT2D eigenvalue weighted by atomic mass is 16.5. The van der Waals surface area contributed by atoms with Crippen LogP contribution in [-0.4, -0.2) is 19.6 Å². The predicted molar refractivity (Wildman–Crippen MR) is 116 cm³/mol. The van der Waals surface area contributed by atoms with Gasteiger partial charge in [0.2, 0.25) is 5.91 Å². The predicted octanol–water partition coefficient (Wildman–Crippen LogP) is 5.79. The largest absolute Gasteiger partial charge is 0.493 e. The highest BCUT2D eigenvalue weighted by Gasteiger charge is 2.07. The number of benzene rings is 2. The number of anilines is 1. The molecule has 4 nitrogen and oxygen atoms in total. The fourth-order valence-electron chi connectivity index (χ4n) is 2.98. The van der Waals surface area contributed by atoms with Gasteiger partial charge in [0.1, 0.15) is 0 Å². The Morgan fingerprint density at radius 3 is 2.64 bits per heavy atom. The van der Waals surface area contributed by atoms with Crippen molar-refractivity contribution in [3.63, 3.8) is 0 Å². The molecule has 0 atom stereocenters. The lowest BCUT2D eigenvalue weighted by atomic mass is 10.1. The summed E-state index contributed by atoms with van der Waals surface area (Å²) in [5, 5.41) is 3.00. The minimum Gasteiger partial charge on any atom is -0.493 e. The molecule has 0 aromatic heterocycles. The molecule has 0 aliphatic rings. The average molecular weight is 382 g/mol. The molecule has 2 aromatic carbocycles. The molecule has 0 heterocycles. The smallest absolute Gasteiger partial charge is 0.248 e. The summed E-state index contributed by atoms with van der Waals surface area (Å²) in [4.78, 5) is 12.4. The SMILES string of the molecule is CCCCCOc1ccc(/C=C/C(=O)Nc2c(C)cccc2CC)cc1OC. The summed E-state index contributed by atoms with van der Waals surface area (Å²) in [6.07, 6.45) is 7.54. The van der Waals surface area contributed by atoms with E-state index in [1.807, 2.05) is 43.3 Å². The molecular formula is C24H31NO3. The summed E-state index contributed by atoms with van der Waals surface area (Å²) in [7, 11) is 1.62. The minimum absolute atomic E-state index is 0.150. The standard InChI is InChI=1S/C24H31NO3/c1-5-7-8-16-28-21-14-12-19(17-22(21)27-4)13-15-23(26)25-24-18(3)10-9-11-20(24)6-2/h9-15,17H,5-8,16H2,1-4H3,(H,25,26)/b15-13+. The van der Waals surface area contributed by atoms with E-state index in [1.165, 1.54) is 0 Å². The van der Waals surface area contributed by atoms with Gasteiger partial charge in [0.15, 0.2) is 11.5 Å². The number of unbranched alkanes of at least 4 members (excludes halogenated alkanes) is 2. The van der Waals surface area contributed by atoms with Crippen LogP contribution in [0.15, 0.2) is 42.5 Å². The van der Waals surface area contributed by atoms with Gasteiger partial charge in [-0.15, -0.1) is 0 Å². The van der Waals surface area contributed by atoms with E-state index in [4.69, 9.17) is 9.47 Å². The Kier molecular flexibility index (Phi) is 8.60. The monoisotopic (exact) mass is 381 g/mol. The second-order valence-corrected chi connectivity index (χ2v) is 6.75. The molecule has 150 valence electrons. The fourth-order valence-corrected chi connectivity index (χ4v) is 2.98. The first-order chi connectivity index (χ1) is 13.6. The molecule has 1 amide bonds. The summed E-state index contributed by atoms with van der Waals surface area (Å²) in [6.45, 7) is 6.93. The van der Waals surface area contributed by atoms with Crippen molar-refractivity contribution in [3.8, 4) is 11.5 Å². The van der Waals surface area contributed by atoms with E-state index in [0.717, 1.165) is 53.8 Å². The van der Waals surface area contributed by atoms with Crippen molar-refractivity contribution in [1.29, 1.82) is 0 Å². The third-order valence-corrected chi connectivity index (χ3v) is 4.61. The van der Waals surface area contributed by atoms with Gasteiger partial charge in [0.25, 0.3) is 0 Å². The molecule has 0 aliphatic heterocycles. The highest BCUT2D eigenvalue weighted by molar-refractivity contribution is 6.02. The van der Waals surface area contributed by atoms with Crippen LogP contribution in [0.1, 0.15) is 49.8 Å². The molecule has 0 radical (unpaired) electrons. The Hall–Kier alpha value is -2.75. The van der Waals surface area contributed by atoms with Crippen molar-refractivity contribution in [2.75, 3.05) is 19.0 Å². The number of amides is 1. The summed E-state index contributed by atoms with van der Waals surface area (Å²) in [5.74, 6) is 1.25. The number of aryl methyl sites for hydroxylation is 2. The Bertz CT molecular complexity index is 811. The third kappa shape index (κ3) is 6.15. The minimum atomic E-state index is -0.150. The highest BCUT2D eigenvalue weighted by Crippen LogP contribution is 2.29. The van der Waals surface area contributed by atoms with Crippen molar-refractivity contribution in [2.24, 2.45) is 0 Å². The zero-order valence-electron chi connectivity index (χ0n) is 17.4. The van der Waals surface area contributed by atoms with Gasteiger partial charge in [0.05, 0.1) is 13.7 Å². The lowest BCUT2D eigenvalue weighted by molar-refractivity contribution is -0.111. The summed E-state index contributed by atoms with van der Waals surface area (Å²) >= 11 is 0. The molecular weight excluding hydrogens is 350 g/mol. The van der Waals surface area contributed by atoms with Crippen LogP contribution in [0.4, 0.5) is 5.69 Å². The Morgan fingerprint density at radius 2 is 1.93 bits per heavy atom. The average Bonchev–Trinajstić information content (AvgIpc) is 2.71. The Balaban J connectivity index is 2.04. The second-order valence-electron chi connectivity index (χ2n) is 6.75. The van der Waals surface area contributed by atoms with E-state index in [0.29, 0.717) is 12.4 Å². The van der Waals surface area contributed by atoms with Gasteiger partial charge in [-0.3, -0.25) is 4.79 Å². The molecule has 1 N–H and O–H groups in total. The molecule has 0 saturated carbocycles. The van der Waals surface area contributed by atoms with Crippen LogP contribution in [0.2, 0.25) is 0 Å². The van der Waals surface area contributed by atoms with Crippen molar-refractivity contribution in [1.82, 2.24) is 0 Å². The molecule has 4 heteroatoms. The van der Waals surface area contributed by atoms with Crippen molar-refractivity contribution >= 4 is 17.7 Å². The normalized spacial score (nSPS) is 10.9. The number of carbonyl (C=O) groups excluding carboxylic acids is 1. The maximum Gasteiger partial charge on any atom is 0.248 e. The van der Waals surface area contributed by atoms with Crippen LogP contribution >= 0.6 is 0 Å². The van der Waals surface area contributed by atoms with E-state index in [2.05, 4.69) is 19.2 Å². The third-order valence-electron chi connectivity index (χ3n) is 4.61. The topological polar surface area (TPSA) is 47.6 Å². The number of carbonyl (C=O) groups is 1. The van der Waals surface area contributed by atoms with Gasteiger partial charge >= 0.3 is 0 Å². The van der Waals surface area contributed by atoms with Crippen LogP contribution in [0.25, 0.3) is 6.08 Å². The molecule has 0 fully saturated rings. The van der Waals surface area contributed by atoms with E-state index < -0.39 is 0 Å². The fraction of sp³-hybridized carbons (Fsp3) is 0.375. The van der Waals surface area contributed by atoms with E-state index in [-0.39, 0.29) is 5.91 Å². The van der Waals surface area contributed by atoms with Crippen LogP contribution in [-0.2, 0) is 11.2 Å². The first-order valence-corrected chi connectivity index (χ1v) is 9.97. The first kappa shape index (κ1) is 21.5. The molecule has 0 spiro atoms. The first-order valence-electron chi connectivity index (χ1n) is 9.97. The van der Waals surface area contributed by atoms with Crippen molar-refractivity contribution in [2.45, 2.75) is 46.5 Å². The number of methoxy groups -OCH3 is 1. The maximum absolute atomic E-state index is 12.4. The van der Waals surface area contributed by atoms with Crippen molar-refractivity contribution < 1.29 is 14.3 Å². The molecule has 2 aromatic rings. The zero-order chi connectivity index (χ0) is 20.4. The van der Waals surface area contributed by atoms with E-state index >= 15 is 0 Å². The molecule has 2 rings (SSSR count). The van der Waals surface area contributed by atoms with Crippen LogP contribution in [0.5, 0.6) is 11.5 Å². The number of hydrogen-bond donors (Lipinski definition) is 1. The number of rotatable bonds is 10. The van der Waals surface area contributed by atoms with Crippen LogP contribution in [0, 0.1) is 6.92 Å². The maximum atomic E-state index is 12.4. The molecule has 0 saturated heterocycles. The zero-order valence-corrected chi connectivity index (χ0v) is 17.4. The van der Waals surface area contributed by atoms with Crippen LogP contribution < -0.4 is 14.8 Å². The summed E-state index contributed by atoms with van der Waals surface area (Å²) in [5.41, 5.74) is 3.97. The van der Waals surface area contributed by atoms with Crippen molar-refractivity contribution in [3.05, 3.63) is 59.2 Å². The Morgan fingerprint density at radius 1 is 1.11 bits per heavy atom. The number of para-hydroxylation sites is 1.